The third kappa shape index (κ3) is 2.54. The maximum absolute atomic E-state index is 5.04. The second-order valence-electron chi connectivity index (χ2n) is 4.17. The zero-order valence-corrected chi connectivity index (χ0v) is 10.0. The van der Waals surface area contributed by atoms with E-state index in [1.54, 1.807) is 7.11 Å². The van der Waals surface area contributed by atoms with Gasteiger partial charge in [-0.15, -0.1) is 0 Å². The van der Waals surface area contributed by atoms with Crippen molar-refractivity contribution >= 4 is 5.84 Å². The Kier molecular flexibility index (Phi) is 3.79. The number of aliphatic imine (C=N–C) groups is 1. The molecular formula is C11H20N4O. The summed E-state index contributed by atoms with van der Waals surface area (Å²) in [4.78, 5) is 9.00. The quantitative estimate of drug-likeness (QED) is 0.713. The van der Waals surface area contributed by atoms with Crippen LogP contribution in [0.5, 0.6) is 0 Å². The number of hydrogen-bond acceptors (Lipinski definition) is 5. The van der Waals surface area contributed by atoms with E-state index in [-0.39, 0.29) is 0 Å². The standard InChI is InChI=1S/C11H20N4O/c1-12-10-7-15(8-10)11-3-4-14(9-13-11)5-6-16-2/h3-4,10,12H,5-9H2,1-2H3. The summed E-state index contributed by atoms with van der Waals surface area (Å²) in [6.07, 6.45) is 4.19. The van der Waals surface area contributed by atoms with Gasteiger partial charge in [-0.3, -0.25) is 0 Å². The van der Waals surface area contributed by atoms with E-state index in [4.69, 9.17) is 4.74 Å². The average molecular weight is 224 g/mol. The molecule has 0 atom stereocenters. The molecule has 0 aromatic rings. The number of rotatable bonds is 4. The fourth-order valence-electron chi connectivity index (χ4n) is 1.84. The molecule has 0 amide bonds. The Labute approximate surface area is 96.8 Å². The second kappa shape index (κ2) is 5.32. The SMILES string of the molecule is CNC1CN(C2=NCN(CCOC)C=C2)C1. The van der Waals surface area contributed by atoms with Crippen molar-refractivity contribution in [2.24, 2.45) is 4.99 Å². The molecule has 5 heteroatoms. The van der Waals surface area contributed by atoms with Crippen molar-refractivity contribution < 1.29 is 4.74 Å². The van der Waals surface area contributed by atoms with Crippen LogP contribution in [0, 0.1) is 0 Å². The number of methoxy groups -OCH3 is 1. The molecule has 5 nitrogen and oxygen atoms in total. The van der Waals surface area contributed by atoms with Crippen molar-refractivity contribution in [2.75, 3.05) is 47.1 Å². The number of ether oxygens (including phenoxy) is 1. The Morgan fingerprint density at radius 2 is 2.38 bits per heavy atom. The first-order chi connectivity index (χ1) is 7.83. The molecule has 0 radical (unpaired) electrons. The van der Waals surface area contributed by atoms with Crippen molar-refractivity contribution in [3.05, 3.63) is 12.3 Å². The van der Waals surface area contributed by atoms with Crippen molar-refractivity contribution in [1.82, 2.24) is 15.1 Å². The lowest BCUT2D eigenvalue weighted by molar-refractivity contribution is 0.168. The van der Waals surface area contributed by atoms with Gasteiger partial charge in [0.25, 0.3) is 0 Å². The van der Waals surface area contributed by atoms with Gasteiger partial charge in [-0.1, -0.05) is 0 Å². The zero-order valence-electron chi connectivity index (χ0n) is 10.0. The highest BCUT2D eigenvalue weighted by Gasteiger charge is 2.27. The lowest BCUT2D eigenvalue weighted by Crippen LogP contribution is -2.59. The van der Waals surface area contributed by atoms with Crippen LogP contribution in [0.3, 0.4) is 0 Å². The molecule has 2 aliphatic rings. The molecule has 1 fully saturated rings. The smallest absolute Gasteiger partial charge is 0.127 e. The van der Waals surface area contributed by atoms with Gasteiger partial charge in [0, 0.05) is 39.0 Å². The average Bonchev–Trinajstić information content (AvgIpc) is 2.27. The van der Waals surface area contributed by atoms with Gasteiger partial charge in [-0.2, -0.15) is 0 Å². The van der Waals surface area contributed by atoms with Crippen LogP contribution < -0.4 is 5.32 Å². The molecule has 2 heterocycles. The van der Waals surface area contributed by atoms with Gasteiger partial charge in [-0.25, -0.2) is 4.99 Å². The normalized spacial score (nSPS) is 21.0. The summed E-state index contributed by atoms with van der Waals surface area (Å²) in [6.45, 7) is 4.54. The van der Waals surface area contributed by atoms with E-state index in [0.29, 0.717) is 6.04 Å². The molecule has 0 saturated carbocycles. The summed E-state index contributed by atoms with van der Waals surface area (Å²) < 4.78 is 5.04. The van der Waals surface area contributed by atoms with E-state index in [2.05, 4.69) is 32.4 Å². The van der Waals surface area contributed by atoms with Gasteiger partial charge < -0.3 is 19.9 Å². The lowest BCUT2D eigenvalue weighted by atomic mass is 10.1. The van der Waals surface area contributed by atoms with Crippen LogP contribution >= 0.6 is 0 Å². The first kappa shape index (κ1) is 11.4. The van der Waals surface area contributed by atoms with Crippen molar-refractivity contribution in [3.8, 4) is 0 Å². The molecule has 0 bridgehead atoms. The number of hydrogen-bond donors (Lipinski definition) is 1. The van der Waals surface area contributed by atoms with Crippen LogP contribution in [0.1, 0.15) is 0 Å². The number of likely N-dealkylation sites (tertiary alicyclic amines) is 1. The topological polar surface area (TPSA) is 40.1 Å². The molecule has 2 aliphatic heterocycles. The lowest BCUT2D eigenvalue weighted by Gasteiger charge is -2.41. The molecule has 0 aromatic carbocycles. The molecule has 2 rings (SSSR count). The minimum absolute atomic E-state index is 0.627. The Morgan fingerprint density at radius 1 is 1.56 bits per heavy atom. The fourth-order valence-corrected chi connectivity index (χ4v) is 1.84. The van der Waals surface area contributed by atoms with Crippen LogP contribution in [0.2, 0.25) is 0 Å². The Hall–Kier alpha value is -1.07. The molecule has 0 aliphatic carbocycles. The summed E-state index contributed by atoms with van der Waals surface area (Å²) in [6, 6.07) is 0.627. The predicted molar refractivity (Wildman–Crippen MR) is 64.4 cm³/mol. The van der Waals surface area contributed by atoms with E-state index >= 15 is 0 Å². The predicted octanol–water partition coefficient (Wildman–Crippen LogP) is -0.278. The highest BCUT2D eigenvalue weighted by atomic mass is 16.5. The largest absolute Gasteiger partial charge is 0.383 e. The first-order valence-corrected chi connectivity index (χ1v) is 5.71. The van der Waals surface area contributed by atoms with Crippen LogP contribution in [-0.2, 0) is 4.74 Å². The van der Waals surface area contributed by atoms with E-state index in [1.807, 2.05) is 7.05 Å². The zero-order chi connectivity index (χ0) is 11.4. The van der Waals surface area contributed by atoms with E-state index in [9.17, 15) is 0 Å². The summed E-state index contributed by atoms with van der Waals surface area (Å²) >= 11 is 0. The summed E-state index contributed by atoms with van der Waals surface area (Å²) in [7, 11) is 3.73. The molecule has 16 heavy (non-hydrogen) atoms. The summed E-state index contributed by atoms with van der Waals surface area (Å²) in [5, 5.41) is 3.26. The Bertz CT molecular complexity index is 284. The second-order valence-corrected chi connectivity index (χ2v) is 4.17. The molecular weight excluding hydrogens is 204 g/mol. The van der Waals surface area contributed by atoms with Crippen molar-refractivity contribution in [2.45, 2.75) is 6.04 Å². The highest BCUT2D eigenvalue weighted by molar-refractivity contribution is 5.94. The van der Waals surface area contributed by atoms with Crippen LogP contribution in [0.25, 0.3) is 0 Å². The van der Waals surface area contributed by atoms with Crippen molar-refractivity contribution in [3.63, 3.8) is 0 Å². The maximum atomic E-state index is 5.04. The molecule has 0 spiro atoms. The first-order valence-electron chi connectivity index (χ1n) is 5.71. The number of nitrogens with zero attached hydrogens (tertiary/aromatic N) is 3. The van der Waals surface area contributed by atoms with Crippen LogP contribution in [-0.4, -0.2) is 68.7 Å². The third-order valence-electron chi connectivity index (χ3n) is 3.05. The Morgan fingerprint density at radius 3 is 2.94 bits per heavy atom. The highest BCUT2D eigenvalue weighted by Crippen LogP contribution is 2.11. The number of likely N-dealkylation sites (N-methyl/N-ethyl adjacent to an activating group) is 1. The van der Waals surface area contributed by atoms with E-state index in [1.165, 1.54) is 0 Å². The van der Waals surface area contributed by atoms with Gasteiger partial charge in [0.1, 0.15) is 12.5 Å². The van der Waals surface area contributed by atoms with Crippen molar-refractivity contribution in [1.29, 1.82) is 0 Å². The Balaban J connectivity index is 1.75. The molecule has 1 N–H and O–H groups in total. The van der Waals surface area contributed by atoms with Crippen LogP contribution in [0.15, 0.2) is 17.3 Å². The third-order valence-corrected chi connectivity index (χ3v) is 3.05. The van der Waals surface area contributed by atoms with Gasteiger partial charge in [0.15, 0.2) is 0 Å². The molecule has 1 saturated heterocycles. The van der Waals surface area contributed by atoms with Gasteiger partial charge in [-0.05, 0) is 13.1 Å². The number of amidine groups is 1. The fraction of sp³-hybridized carbons (Fsp3) is 0.727. The van der Waals surface area contributed by atoms with Gasteiger partial charge in [0.2, 0.25) is 0 Å². The number of nitrogens with one attached hydrogen (secondary N) is 1. The van der Waals surface area contributed by atoms with Gasteiger partial charge >= 0.3 is 0 Å². The van der Waals surface area contributed by atoms with E-state index in [0.717, 1.165) is 38.7 Å². The van der Waals surface area contributed by atoms with Gasteiger partial charge in [0.05, 0.1) is 6.61 Å². The monoisotopic (exact) mass is 224 g/mol. The minimum atomic E-state index is 0.627. The van der Waals surface area contributed by atoms with E-state index < -0.39 is 0 Å². The minimum Gasteiger partial charge on any atom is -0.383 e. The molecule has 90 valence electrons. The van der Waals surface area contributed by atoms with Crippen LogP contribution in [0.4, 0.5) is 0 Å². The summed E-state index contributed by atoms with van der Waals surface area (Å²) in [5.74, 6) is 1.11. The molecule has 0 unspecified atom stereocenters. The maximum Gasteiger partial charge on any atom is 0.127 e. The summed E-state index contributed by atoms with van der Waals surface area (Å²) in [5.41, 5.74) is 0. The molecule has 0 aromatic heterocycles.